The van der Waals surface area contributed by atoms with Gasteiger partial charge in [0.05, 0.1) is 7.11 Å². The van der Waals surface area contributed by atoms with Crippen molar-refractivity contribution >= 4 is 5.97 Å². The zero-order valence-corrected chi connectivity index (χ0v) is 11.6. The van der Waals surface area contributed by atoms with Crippen molar-refractivity contribution in [2.75, 3.05) is 27.7 Å². The van der Waals surface area contributed by atoms with Crippen LogP contribution in [0, 0.1) is 0 Å². The zero-order chi connectivity index (χ0) is 12.9. The summed E-state index contributed by atoms with van der Waals surface area (Å²) >= 11 is 0. The molecule has 4 heteroatoms. The molecule has 0 aromatic rings. The van der Waals surface area contributed by atoms with Crippen LogP contribution in [0.25, 0.3) is 0 Å². The van der Waals surface area contributed by atoms with Crippen molar-refractivity contribution in [3.8, 4) is 0 Å². The van der Waals surface area contributed by atoms with Gasteiger partial charge >= 0.3 is 5.97 Å². The van der Waals surface area contributed by atoms with E-state index in [-0.39, 0.29) is 5.97 Å². The maximum Gasteiger partial charge on any atom is 0.327 e. The van der Waals surface area contributed by atoms with E-state index in [2.05, 4.69) is 17.3 Å². The lowest BCUT2D eigenvalue weighted by molar-refractivity contribution is -0.148. The van der Waals surface area contributed by atoms with Crippen LogP contribution in [-0.2, 0) is 9.53 Å². The van der Waals surface area contributed by atoms with Gasteiger partial charge in [-0.1, -0.05) is 19.3 Å². The largest absolute Gasteiger partial charge is 0.468 e. The Bertz CT molecular complexity index is 252. The number of esters is 1. The van der Waals surface area contributed by atoms with E-state index in [4.69, 9.17) is 4.74 Å². The Balaban J connectivity index is 2.57. The number of likely N-dealkylation sites (N-methyl/N-ethyl adjacent to an activating group) is 2. The van der Waals surface area contributed by atoms with Gasteiger partial charge in [-0.05, 0) is 33.9 Å². The van der Waals surface area contributed by atoms with E-state index >= 15 is 0 Å². The van der Waals surface area contributed by atoms with Crippen molar-refractivity contribution in [3.63, 3.8) is 0 Å². The van der Waals surface area contributed by atoms with Crippen molar-refractivity contribution in [2.45, 2.75) is 50.6 Å². The molecule has 1 rings (SSSR count). The molecule has 0 aromatic heterocycles. The van der Waals surface area contributed by atoms with Gasteiger partial charge in [-0.2, -0.15) is 0 Å². The minimum Gasteiger partial charge on any atom is -0.468 e. The fourth-order valence-electron chi connectivity index (χ4n) is 2.62. The predicted octanol–water partition coefficient (Wildman–Crippen LogP) is 1.40. The molecule has 1 N–H and O–H groups in total. The summed E-state index contributed by atoms with van der Waals surface area (Å²) < 4.78 is 4.87. The second-order valence-corrected chi connectivity index (χ2v) is 5.28. The van der Waals surface area contributed by atoms with Crippen LogP contribution in [0.3, 0.4) is 0 Å². The predicted molar refractivity (Wildman–Crippen MR) is 69.0 cm³/mol. The molecule has 0 heterocycles. The van der Waals surface area contributed by atoms with Crippen LogP contribution in [-0.4, -0.2) is 50.2 Å². The molecule has 1 atom stereocenters. The summed E-state index contributed by atoms with van der Waals surface area (Å²) in [5, 5.41) is 3.08. The first-order chi connectivity index (χ1) is 8.03. The van der Waals surface area contributed by atoms with Gasteiger partial charge in [0.1, 0.15) is 5.54 Å². The van der Waals surface area contributed by atoms with E-state index in [1.54, 1.807) is 0 Å². The first-order valence-corrected chi connectivity index (χ1v) is 6.51. The van der Waals surface area contributed by atoms with Crippen LogP contribution in [0.2, 0.25) is 0 Å². The monoisotopic (exact) mass is 242 g/mol. The van der Waals surface area contributed by atoms with Gasteiger partial charge in [0.2, 0.25) is 0 Å². The second kappa shape index (κ2) is 6.36. The van der Waals surface area contributed by atoms with Gasteiger partial charge in [-0.3, -0.25) is 4.79 Å². The third-order valence-corrected chi connectivity index (χ3v) is 3.95. The van der Waals surface area contributed by atoms with Crippen LogP contribution < -0.4 is 5.32 Å². The van der Waals surface area contributed by atoms with E-state index in [9.17, 15) is 4.79 Å². The molecular formula is C13H26N2O2. The first kappa shape index (κ1) is 14.5. The van der Waals surface area contributed by atoms with Crippen molar-refractivity contribution in [3.05, 3.63) is 0 Å². The van der Waals surface area contributed by atoms with Gasteiger partial charge in [0.15, 0.2) is 0 Å². The molecule has 0 aliphatic heterocycles. The van der Waals surface area contributed by atoms with Crippen LogP contribution in [0.1, 0.15) is 39.0 Å². The highest BCUT2D eigenvalue weighted by Crippen LogP contribution is 2.23. The average Bonchev–Trinajstić information content (AvgIpc) is 2.38. The fraction of sp³-hybridized carbons (Fsp3) is 0.923. The van der Waals surface area contributed by atoms with Crippen molar-refractivity contribution in [1.29, 1.82) is 0 Å². The number of carbonyl (C=O) groups excluding carboxylic acids is 1. The second-order valence-electron chi connectivity index (χ2n) is 5.28. The lowest BCUT2D eigenvalue weighted by Crippen LogP contribution is -2.57. The van der Waals surface area contributed by atoms with Gasteiger partial charge in [0, 0.05) is 12.6 Å². The Morgan fingerprint density at radius 3 is 2.47 bits per heavy atom. The molecule has 1 fully saturated rings. The number of methoxy groups -OCH3 is 1. The third-order valence-electron chi connectivity index (χ3n) is 3.95. The summed E-state index contributed by atoms with van der Waals surface area (Å²) in [5.74, 6) is -0.192. The number of nitrogens with zero attached hydrogens (tertiary/aromatic N) is 1. The highest BCUT2D eigenvalue weighted by Gasteiger charge is 2.35. The number of hydrogen-bond donors (Lipinski definition) is 1. The SMILES string of the molecule is CNC(C)(CN(C)C1CCCCC1)C(=O)OC. The molecule has 0 radical (unpaired) electrons. The maximum absolute atomic E-state index is 11.8. The molecule has 1 aliphatic carbocycles. The quantitative estimate of drug-likeness (QED) is 0.740. The Morgan fingerprint density at radius 1 is 1.41 bits per heavy atom. The maximum atomic E-state index is 11.8. The van der Waals surface area contributed by atoms with Gasteiger partial charge < -0.3 is 15.0 Å². The summed E-state index contributed by atoms with van der Waals surface area (Å²) in [5.41, 5.74) is -0.610. The number of ether oxygens (including phenoxy) is 1. The van der Waals surface area contributed by atoms with Gasteiger partial charge in [-0.25, -0.2) is 0 Å². The van der Waals surface area contributed by atoms with E-state index in [1.165, 1.54) is 39.2 Å². The molecule has 0 spiro atoms. The molecule has 0 aromatic carbocycles. The summed E-state index contributed by atoms with van der Waals surface area (Å²) in [7, 11) is 5.36. The molecule has 1 aliphatic rings. The Labute approximate surface area is 105 Å². The molecule has 1 unspecified atom stereocenters. The zero-order valence-electron chi connectivity index (χ0n) is 11.6. The van der Waals surface area contributed by atoms with E-state index < -0.39 is 5.54 Å². The summed E-state index contributed by atoms with van der Waals surface area (Å²) in [6, 6.07) is 0.612. The molecule has 1 saturated carbocycles. The number of hydrogen-bond acceptors (Lipinski definition) is 4. The molecule has 0 bridgehead atoms. The lowest BCUT2D eigenvalue weighted by Gasteiger charge is -2.37. The number of carbonyl (C=O) groups is 1. The Kier molecular flexibility index (Phi) is 5.40. The van der Waals surface area contributed by atoms with Gasteiger partial charge in [-0.15, -0.1) is 0 Å². The summed E-state index contributed by atoms with van der Waals surface area (Å²) in [6.07, 6.45) is 6.46. The first-order valence-electron chi connectivity index (χ1n) is 6.51. The smallest absolute Gasteiger partial charge is 0.327 e. The molecule has 0 saturated heterocycles. The number of rotatable bonds is 5. The van der Waals surface area contributed by atoms with E-state index in [1.807, 2.05) is 14.0 Å². The van der Waals surface area contributed by atoms with Crippen LogP contribution in [0.4, 0.5) is 0 Å². The highest BCUT2D eigenvalue weighted by atomic mass is 16.5. The van der Waals surface area contributed by atoms with E-state index in [0.717, 1.165) is 0 Å². The van der Waals surface area contributed by atoms with Crippen LogP contribution in [0.15, 0.2) is 0 Å². The third kappa shape index (κ3) is 3.68. The molecule has 17 heavy (non-hydrogen) atoms. The van der Waals surface area contributed by atoms with Crippen molar-refractivity contribution in [1.82, 2.24) is 10.2 Å². The molecular weight excluding hydrogens is 216 g/mol. The normalized spacial score (nSPS) is 21.2. The van der Waals surface area contributed by atoms with Crippen molar-refractivity contribution in [2.24, 2.45) is 0 Å². The molecule has 4 nitrogen and oxygen atoms in total. The lowest BCUT2D eigenvalue weighted by atomic mass is 9.93. The Morgan fingerprint density at radius 2 is 2.00 bits per heavy atom. The Hall–Kier alpha value is -0.610. The topological polar surface area (TPSA) is 41.6 Å². The van der Waals surface area contributed by atoms with E-state index in [0.29, 0.717) is 12.6 Å². The standard InChI is InChI=1S/C13H26N2O2/c1-13(14-2,12(16)17-4)10-15(3)11-8-6-5-7-9-11/h11,14H,5-10H2,1-4H3. The van der Waals surface area contributed by atoms with Gasteiger partial charge in [0.25, 0.3) is 0 Å². The fourth-order valence-corrected chi connectivity index (χ4v) is 2.62. The van der Waals surface area contributed by atoms with Crippen LogP contribution >= 0.6 is 0 Å². The van der Waals surface area contributed by atoms with Crippen molar-refractivity contribution < 1.29 is 9.53 Å². The summed E-state index contributed by atoms with van der Waals surface area (Å²) in [6.45, 7) is 2.60. The average molecular weight is 242 g/mol. The summed E-state index contributed by atoms with van der Waals surface area (Å²) in [4.78, 5) is 14.1. The highest BCUT2D eigenvalue weighted by molar-refractivity contribution is 5.80. The minimum atomic E-state index is -0.610. The molecule has 0 amide bonds. The minimum absolute atomic E-state index is 0.192. The van der Waals surface area contributed by atoms with Crippen LogP contribution in [0.5, 0.6) is 0 Å². The number of nitrogens with one attached hydrogen (secondary N) is 1. The molecule has 100 valence electrons.